The molecule has 1 N–H and O–H groups in total. The number of nitro benzene ring substituents is 1. The van der Waals surface area contributed by atoms with Gasteiger partial charge in [-0.2, -0.15) is 0 Å². The van der Waals surface area contributed by atoms with E-state index in [0.717, 1.165) is 11.0 Å². The fourth-order valence-corrected chi connectivity index (χ4v) is 1.77. The molecule has 0 bridgehead atoms. The summed E-state index contributed by atoms with van der Waals surface area (Å²) in [5, 5.41) is 11.6. The van der Waals surface area contributed by atoms with Crippen LogP contribution in [-0.2, 0) is 0 Å². The Bertz CT molecular complexity index is 751. The summed E-state index contributed by atoms with van der Waals surface area (Å²) < 4.78 is 5.57. The van der Waals surface area contributed by atoms with E-state index in [1.54, 1.807) is 24.5 Å². The Labute approximate surface area is 107 Å². The van der Waals surface area contributed by atoms with Crippen molar-refractivity contribution in [1.29, 1.82) is 0 Å². The molecule has 0 aliphatic rings. The highest BCUT2D eigenvalue weighted by Gasteiger charge is 2.07. The predicted molar refractivity (Wildman–Crippen MR) is 69.3 cm³/mol. The van der Waals surface area contributed by atoms with Crippen LogP contribution in [-0.4, -0.2) is 14.9 Å². The number of nitrogens with one attached hydrogen (secondary N) is 1. The van der Waals surface area contributed by atoms with Gasteiger partial charge in [0.1, 0.15) is 17.1 Å². The van der Waals surface area contributed by atoms with Crippen LogP contribution in [0.3, 0.4) is 0 Å². The zero-order chi connectivity index (χ0) is 13.2. The van der Waals surface area contributed by atoms with Gasteiger partial charge in [0, 0.05) is 17.6 Å². The van der Waals surface area contributed by atoms with Gasteiger partial charge in [0.25, 0.3) is 5.69 Å². The Morgan fingerprint density at radius 1 is 1.21 bits per heavy atom. The Morgan fingerprint density at radius 3 is 2.95 bits per heavy atom. The summed E-state index contributed by atoms with van der Waals surface area (Å²) in [4.78, 5) is 17.4. The van der Waals surface area contributed by atoms with Crippen LogP contribution in [0.25, 0.3) is 11.0 Å². The number of non-ortho nitro benzene ring substituents is 1. The van der Waals surface area contributed by atoms with E-state index in [1.165, 1.54) is 12.1 Å². The Hall–Kier alpha value is -2.89. The molecule has 3 aromatic rings. The summed E-state index contributed by atoms with van der Waals surface area (Å²) in [6.07, 6.45) is 3.35. The summed E-state index contributed by atoms with van der Waals surface area (Å²) in [6, 6.07) is 9.73. The van der Waals surface area contributed by atoms with Crippen molar-refractivity contribution < 1.29 is 9.66 Å². The summed E-state index contributed by atoms with van der Waals surface area (Å²) in [7, 11) is 0. The van der Waals surface area contributed by atoms with Gasteiger partial charge in [0.15, 0.2) is 0 Å². The highest BCUT2D eigenvalue weighted by molar-refractivity contribution is 5.76. The molecule has 6 heteroatoms. The van der Waals surface area contributed by atoms with Crippen LogP contribution in [0.1, 0.15) is 0 Å². The van der Waals surface area contributed by atoms with Gasteiger partial charge in [-0.25, -0.2) is 4.98 Å². The number of aromatic nitrogens is 2. The first-order chi connectivity index (χ1) is 9.22. The standard InChI is InChI=1S/C13H9N3O3/c17-16(18)10-2-1-3-11(7-10)19-12-6-9-4-5-14-13(9)15-8-12/h1-8H,(H,14,15). The minimum Gasteiger partial charge on any atom is -0.455 e. The van der Waals surface area contributed by atoms with E-state index in [4.69, 9.17) is 4.74 Å². The van der Waals surface area contributed by atoms with E-state index in [0.29, 0.717) is 11.5 Å². The fourth-order valence-electron chi connectivity index (χ4n) is 1.77. The summed E-state index contributed by atoms with van der Waals surface area (Å²) in [5.74, 6) is 0.943. The predicted octanol–water partition coefficient (Wildman–Crippen LogP) is 3.26. The molecular weight excluding hydrogens is 246 g/mol. The smallest absolute Gasteiger partial charge is 0.273 e. The van der Waals surface area contributed by atoms with Crippen LogP contribution < -0.4 is 4.74 Å². The number of hydrogen-bond donors (Lipinski definition) is 1. The monoisotopic (exact) mass is 255 g/mol. The lowest BCUT2D eigenvalue weighted by Gasteiger charge is -2.04. The van der Waals surface area contributed by atoms with Crippen molar-refractivity contribution >= 4 is 16.7 Å². The number of fused-ring (bicyclic) bond motifs is 1. The lowest BCUT2D eigenvalue weighted by molar-refractivity contribution is -0.384. The van der Waals surface area contributed by atoms with Crippen LogP contribution >= 0.6 is 0 Å². The number of nitro groups is 1. The Morgan fingerprint density at radius 2 is 2.11 bits per heavy atom. The first-order valence-corrected chi connectivity index (χ1v) is 5.58. The molecule has 0 unspecified atom stereocenters. The molecule has 0 aliphatic heterocycles. The van der Waals surface area contributed by atoms with E-state index in [2.05, 4.69) is 9.97 Å². The molecule has 0 aliphatic carbocycles. The van der Waals surface area contributed by atoms with Crippen LogP contribution in [0, 0.1) is 10.1 Å². The molecule has 0 saturated heterocycles. The van der Waals surface area contributed by atoms with Crippen molar-refractivity contribution in [2.75, 3.05) is 0 Å². The molecular formula is C13H9N3O3. The van der Waals surface area contributed by atoms with Crippen molar-refractivity contribution in [2.45, 2.75) is 0 Å². The maximum atomic E-state index is 10.7. The van der Waals surface area contributed by atoms with E-state index in [1.807, 2.05) is 12.1 Å². The van der Waals surface area contributed by atoms with Crippen molar-refractivity contribution in [1.82, 2.24) is 9.97 Å². The third kappa shape index (κ3) is 2.23. The number of pyridine rings is 1. The molecule has 94 valence electrons. The zero-order valence-corrected chi connectivity index (χ0v) is 9.74. The molecule has 1 aromatic carbocycles. The van der Waals surface area contributed by atoms with Gasteiger partial charge < -0.3 is 9.72 Å². The second-order valence-corrected chi connectivity index (χ2v) is 3.94. The quantitative estimate of drug-likeness (QED) is 0.575. The van der Waals surface area contributed by atoms with Crippen molar-refractivity contribution in [3.63, 3.8) is 0 Å². The summed E-state index contributed by atoms with van der Waals surface area (Å²) in [5.41, 5.74) is 0.763. The van der Waals surface area contributed by atoms with Gasteiger partial charge in [-0.1, -0.05) is 6.07 Å². The molecule has 2 heterocycles. The second kappa shape index (κ2) is 4.41. The number of nitrogens with zero attached hydrogens (tertiary/aromatic N) is 2. The van der Waals surface area contributed by atoms with Crippen LogP contribution in [0.15, 0.2) is 48.8 Å². The molecule has 0 amide bonds. The zero-order valence-electron chi connectivity index (χ0n) is 9.74. The van der Waals surface area contributed by atoms with Crippen molar-refractivity contribution in [2.24, 2.45) is 0 Å². The third-order valence-corrected chi connectivity index (χ3v) is 2.64. The molecule has 0 spiro atoms. The van der Waals surface area contributed by atoms with Gasteiger partial charge >= 0.3 is 0 Å². The maximum Gasteiger partial charge on any atom is 0.273 e. The maximum absolute atomic E-state index is 10.7. The summed E-state index contributed by atoms with van der Waals surface area (Å²) >= 11 is 0. The first kappa shape index (κ1) is 11.2. The van der Waals surface area contributed by atoms with Crippen LogP contribution in [0.5, 0.6) is 11.5 Å². The largest absolute Gasteiger partial charge is 0.455 e. The van der Waals surface area contributed by atoms with Crippen LogP contribution in [0.2, 0.25) is 0 Å². The number of H-pyrrole nitrogens is 1. The summed E-state index contributed by atoms with van der Waals surface area (Å²) in [6.45, 7) is 0. The second-order valence-electron chi connectivity index (χ2n) is 3.94. The third-order valence-electron chi connectivity index (χ3n) is 2.64. The Kier molecular flexibility index (Phi) is 2.60. The van der Waals surface area contributed by atoms with Gasteiger partial charge in [0.05, 0.1) is 17.2 Å². The van der Waals surface area contributed by atoms with Gasteiger partial charge in [-0.05, 0) is 18.2 Å². The molecule has 19 heavy (non-hydrogen) atoms. The molecule has 3 rings (SSSR count). The number of aromatic amines is 1. The first-order valence-electron chi connectivity index (χ1n) is 5.58. The normalized spacial score (nSPS) is 10.5. The van der Waals surface area contributed by atoms with E-state index < -0.39 is 4.92 Å². The number of hydrogen-bond acceptors (Lipinski definition) is 4. The fraction of sp³-hybridized carbons (Fsp3) is 0. The number of ether oxygens (including phenoxy) is 1. The van der Waals surface area contributed by atoms with Gasteiger partial charge in [-0.15, -0.1) is 0 Å². The minimum absolute atomic E-state index is 0.00631. The highest BCUT2D eigenvalue weighted by Crippen LogP contribution is 2.26. The Balaban J connectivity index is 1.91. The van der Waals surface area contributed by atoms with Crippen molar-refractivity contribution in [3.05, 3.63) is 58.9 Å². The molecule has 0 fully saturated rings. The lowest BCUT2D eigenvalue weighted by atomic mass is 10.3. The lowest BCUT2D eigenvalue weighted by Crippen LogP contribution is -1.90. The van der Waals surface area contributed by atoms with Gasteiger partial charge in [-0.3, -0.25) is 10.1 Å². The SMILES string of the molecule is O=[N+]([O-])c1cccc(Oc2cnc3[nH]ccc3c2)c1. The number of rotatable bonds is 3. The van der Waals surface area contributed by atoms with Crippen LogP contribution in [0.4, 0.5) is 5.69 Å². The molecule has 0 atom stereocenters. The molecule has 0 radical (unpaired) electrons. The molecule has 2 aromatic heterocycles. The average molecular weight is 255 g/mol. The highest BCUT2D eigenvalue weighted by atomic mass is 16.6. The number of benzene rings is 1. The molecule has 6 nitrogen and oxygen atoms in total. The van der Waals surface area contributed by atoms with Crippen molar-refractivity contribution in [3.8, 4) is 11.5 Å². The van der Waals surface area contributed by atoms with E-state index in [9.17, 15) is 10.1 Å². The molecule has 0 saturated carbocycles. The topological polar surface area (TPSA) is 81.1 Å². The minimum atomic E-state index is -0.458. The van der Waals surface area contributed by atoms with E-state index >= 15 is 0 Å². The van der Waals surface area contributed by atoms with E-state index in [-0.39, 0.29) is 5.69 Å². The average Bonchev–Trinajstić information content (AvgIpc) is 2.86. The van der Waals surface area contributed by atoms with Gasteiger partial charge in [0.2, 0.25) is 0 Å².